The van der Waals surface area contributed by atoms with Crippen molar-refractivity contribution in [2.75, 3.05) is 27.1 Å². The topological polar surface area (TPSA) is 156 Å². The third-order valence-corrected chi connectivity index (χ3v) is 8.29. The SMILES string of the molecule is CCCOc1ccc2c(c1)C(c1ccc(OC)cc1OCC(=O)O)C(C(=O)O)C2(CCC(=O)OOC(C)C)c1ccc2c(c1)OCO2. The van der Waals surface area contributed by atoms with Crippen LogP contribution in [-0.2, 0) is 29.6 Å². The third kappa shape index (κ3) is 6.78. The van der Waals surface area contributed by atoms with Gasteiger partial charge in [-0.3, -0.25) is 9.68 Å². The Labute approximate surface area is 272 Å². The maximum Gasteiger partial charge on any atom is 0.342 e. The normalized spacial score (nSPS) is 19.3. The van der Waals surface area contributed by atoms with Gasteiger partial charge in [-0.05, 0) is 73.7 Å². The van der Waals surface area contributed by atoms with Gasteiger partial charge in [0, 0.05) is 23.0 Å². The molecule has 3 unspecified atom stereocenters. The van der Waals surface area contributed by atoms with Crippen LogP contribution < -0.4 is 23.7 Å². The minimum atomic E-state index is -1.32. The number of hydrogen-bond donors (Lipinski definition) is 2. The van der Waals surface area contributed by atoms with Crippen LogP contribution in [0.2, 0.25) is 0 Å². The Hall–Kier alpha value is -4.97. The molecule has 0 radical (unpaired) electrons. The van der Waals surface area contributed by atoms with Crippen molar-refractivity contribution in [3.8, 4) is 28.7 Å². The number of methoxy groups -OCH3 is 1. The quantitative estimate of drug-likeness (QED) is 0.158. The molecule has 1 aliphatic carbocycles. The van der Waals surface area contributed by atoms with Crippen molar-refractivity contribution < 1.29 is 58.1 Å². The Morgan fingerprint density at radius 2 is 1.70 bits per heavy atom. The van der Waals surface area contributed by atoms with Crippen LogP contribution >= 0.6 is 0 Å². The van der Waals surface area contributed by atoms with Gasteiger partial charge in [-0.1, -0.05) is 25.1 Å². The van der Waals surface area contributed by atoms with Gasteiger partial charge >= 0.3 is 17.9 Å². The molecule has 0 fully saturated rings. The van der Waals surface area contributed by atoms with Gasteiger partial charge in [0.15, 0.2) is 18.1 Å². The van der Waals surface area contributed by atoms with Gasteiger partial charge in [-0.15, -0.1) is 0 Å². The van der Waals surface area contributed by atoms with E-state index in [0.717, 1.165) is 6.42 Å². The first-order chi connectivity index (χ1) is 22.6. The molecule has 2 aliphatic rings. The monoisotopic (exact) mass is 650 g/mol. The summed E-state index contributed by atoms with van der Waals surface area (Å²) in [5.41, 5.74) is 0.966. The molecule has 5 rings (SSSR count). The van der Waals surface area contributed by atoms with E-state index in [2.05, 4.69) is 0 Å². The fourth-order valence-corrected chi connectivity index (χ4v) is 6.44. The molecular formula is C35H38O12. The number of aliphatic carboxylic acids is 2. The highest BCUT2D eigenvalue weighted by Gasteiger charge is 2.58. The van der Waals surface area contributed by atoms with Gasteiger partial charge in [-0.2, -0.15) is 4.89 Å². The number of hydrogen-bond acceptors (Lipinski definition) is 10. The Balaban J connectivity index is 1.76. The molecule has 3 atom stereocenters. The van der Waals surface area contributed by atoms with Crippen LogP contribution in [0, 0.1) is 5.92 Å². The van der Waals surface area contributed by atoms with Gasteiger partial charge in [0.25, 0.3) is 0 Å². The first kappa shape index (κ1) is 33.4. The lowest BCUT2D eigenvalue weighted by Crippen LogP contribution is -2.40. The van der Waals surface area contributed by atoms with E-state index in [0.29, 0.717) is 51.9 Å². The van der Waals surface area contributed by atoms with Crippen molar-refractivity contribution in [1.82, 2.24) is 0 Å². The first-order valence-corrected chi connectivity index (χ1v) is 15.4. The summed E-state index contributed by atoms with van der Waals surface area (Å²) in [6.45, 7) is 5.21. The Bertz CT molecular complexity index is 1630. The summed E-state index contributed by atoms with van der Waals surface area (Å²) in [4.78, 5) is 48.4. The van der Waals surface area contributed by atoms with E-state index in [9.17, 15) is 24.6 Å². The summed E-state index contributed by atoms with van der Waals surface area (Å²) >= 11 is 0. The molecule has 250 valence electrons. The van der Waals surface area contributed by atoms with Gasteiger partial charge in [0.05, 0.1) is 32.2 Å². The van der Waals surface area contributed by atoms with Crippen molar-refractivity contribution >= 4 is 17.9 Å². The molecule has 12 nitrogen and oxygen atoms in total. The van der Waals surface area contributed by atoms with Crippen LogP contribution in [0.15, 0.2) is 54.6 Å². The molecule has 0 amide bonds. The molecule has 47 heavy (non-hydrogen) atoms. The molecule has 12 heteroatoms. The third-order valence-electron chi connectivity index (χ3n) is 8.29. The standard InChI is InChI=1S/C35H38O12/c1-5-14-42-23-8-10-26-25(16-23)32(24-9-7-22(41-4)17-28(24)43-18-30(36)37)33(34(39)40)35(26,13-12-31(38)47-46-20(2)3)21-6-11-27-29(15-21)45-19-44-27/h6-11,15-17,20,32-33H,5,12-14,18-19H2,1-4H3,(H,36,37)(H,39,40). The maximum atomic E-state index is 13.7. The van der Waals surface area contributed by atoms with E-state index < -0.39 is 41.8 Å². The molecule has 0 spiro atoms. The van der Waals surface area contributed by atoms with E-state index in [-0.39, 0.29) is 31.5 Å². The fourth-order valence-electron chi connectivity index (χ4n) is 6.44. The highest BCUT2D eigenvalue weighted by molar-refractivity contribution is 5.81. The minimum absolute atomic E-state index is 0.0144. The molecule has 0 aromatic heterocycles. The number of benzene rings is 3. The lowest BCUT2D eigenvalue weighted by Gasteiger charge is -2.37. The second-order valence-corrected chi connectivity index (χ2v) is 11.6. The predicted molar refractivity (Wildman–Crippen MR) is 166 cm³/mol. The summed E-state index contributed by atoms with van der Waals surface area (Å²) in [5, 5.41) is 20.6. The van der Waals surface area contributed by atoms with Crippen LogP contribution in [0.4, 0.5) is 0 Å². The zero-order chi connectivity index (χ0) is 33.7. The summed E-state index contributed by atoms with van der Waals surface area (Å²) in [7, 11) is 1.46. The second-order valence-electron chi connectivity index (χ2n) is 11.6. The average molecular weight is 651 g/mol. The molecular weight excluding hydrogens is 612 g/mol. The number of carbonyl (C=O) groups excluding carboxylic acids is 1. The highest BCUT2D eigenvalue weighted by Crippen LogP contribution is 2.61. The lowest BCUT2D eigenvalue weighted by atomic mass is 9.64. The Morgan fingerprint density at radius 3 is 2.40 bits per heavy atom. The number of rotatable bonds is 15. The summed E-state index contributed by atoms with van der Waals surface area (Å²) in [6, 6.07) is 15.6. The average Bonchev–Trinajstić information content (AvgIpc) is 3.64. The molecule has 0 saturated carbocycles. The zero-order valence-electron chi connectivity index (χ0n) is 26.6. The number of carbonyl (C=O) groups is 3. The van der Waals surface area contributed by atoms with E-state index in [1.165, 1.54) is 13.2 Å². The van der Waals surface area contributed by atoms with E-state index in [1.807, 2.05) is 19.1 Å². The van der Waals surface area contributed by atoms with Crippen LogP contribution in [0.3, 0.4) is 0 Å². The molecule has 2 N–H and O–H groups in total. The summed E-state index contributed by atoms with van der Waals surface area (Å²) < 4.78 is 28.4. The van der Waals surface area contributed by atoms with E-state index in [1.54, 1.807) is 50.2 Å². The molecule has 0 bridgehead atoms. The second kappa shape index (κ2) is 14.2. The zero-order valence-corrected chi connectivity index (χ0v) is 26.6. The van der Waals surface area contributed by atoms with Crippen molar-refractivity contribution in [2.45, 2.75) is 57.5 Å². The molecule has 0 saturated heterocycles. The number of ether oxygens (including phenoxy) is 5. The van der Waals surface area contributed by atoms with Crippen LogP contribution in [0.1, 0.15) is 68.2 Å². The van der Waals surface area contributed by atoms with Gasteiger partial charge < -0.3 is 33.9 Å². The number of carboxylic acids is 2. The predicted octanol–water partition coefficient (Wildman–Crippen LogP) is 5.47. The smallest absolute Gasteiger partial charge is 0.342 e. The van der Waals surface area contributed by atoms with Crippen LogP contribution in [-0.4, -0.2) is 61.3 Å². The lowest BCUT2D eigenvalue weighted by molar-refractivity contribution is -0.291. The number of carboxylic acid groups (broad SMARTS) is 2. The van der Waals surface area contributed by atoms with Gasteiger partial charge in [-0.25, -0.2) is 9.59 Å². The van der Waals surface area contributed by atoms with Crippen molar-refractivity contribution in [3.05, 3.63) is 76.9 Å². The fraction of sp³-hybridized carbons (Fsp3) is 0.400. The van der Waals surface area contributed by atoms with Crippen LogP contribution in [0.25, 0.3) is 0 Å². The maximum absolute atomic E-state index is 13.7. The Kier molecular flexibility index (Phi) is 10.1. The minimum Gasteiger partial charge on any atom is -0.497 e. The molecule has 1 heterocycles. The largest absolute Gasteiger partial charge is 0.497 e. The molecule has 3 aromatic rings. The van der Waals surface area contributed by atoms with Crippen molar-refractivity contribution in [2.24, 2.45) is 5.92 Å². The molecule has 1 aliphatic heterocycles. The Morgan fingerprint density at radius 1 is 0.936 bits per heavy atom. The highest BCUT2D eigenvalue weighted by atomic mass is 17.2. The summed E-state index contributed by atoms with van der Waals surface area (Å²) in [6.07, 6.45) is 0.220. The number of fused-ring (bicyclic) bond motifs is 2. The van der Waals surface area contributed by atoms with Crippen molar-refractivity contribution in [1.29, 1.82) is 0 Å². The summed E-state index contributed by atoms with van der Waals surface area (Å²) in [5.74, 6) is -3.07. The molecule has 3 aromatic carbocycles. The van der Waals surface area contributed by atoms with E-state index >= 15 is 0 Å². The van der Waals surface area contributed by atoms with Gasteiger partial charge in [0.2, 0.25) is 6.79 Å². The van der Waals surface area contributed by atoms with Crippen molar-refractivity contribution in [3.63, 3.8) is 0 Å². The van der Waals surface area contributed by atoms with Gasteiger partial charge in [0.1, 0.15) is 17.2 Å². The first-order valence-electron chi connectivity index (χ1n) is 15.4. The van der Waals surface area contributed by atoms with E-state index in [4.69, 9.17) is 33.5 Å². The van der Waals surface area contributed by atoms with Crippen LogP contribution in [0.5, 0.6) is 28.7 Å².